The maximum absolute atomic E-state index is 12.7. The molecule has 2 aromatic rings. The number of hydrogen-bond acceptors (Lipinski definition) is 4. The number of hydrogen-bond donors (Lipinski definition) is 0. The van der Waals surface area contributed by atoms with Gasteiger partial charge in [0.1, 0.15) is 5.75 Å². The summed E-state index contributed by atoms with van der Waals surface area (Å²) >= 11 is 0. The van der Waals surface area contributed by atoms with Crippen LogP contribution in [0.2, 0.25) is 0 Å². The van der Waals surface area contributed by atoms with Gasteiger partial charge < -0.3 is 4.74 Å². The molecule has 0 aliphatic carbocycles. The zero-order chi connectivity index (χ0) is 18.6. The number of benzene rings is 2. The largest absolute Gasteiger partial charge is 0.491 e. The topological polar surface area (TPSA) is 49.9 Å². The van der Waals surface area contributed by atoms with E-state index in [0.29, 0.717) is 31.1 Å². The summed E-state index contributed by atoms with van der Waals surface area (Å²) in [6, 6.07) is 16.7. The molecule has 1 heterocycles. The molecule has 0 aromatic heterocycles. The van der Waals surface area contributed by atoms with Crippen LogP contribution in [0.5, 0.6) is 5.75 Å². The molecule has 0 saturated carbocycles. The second kappa shape index (κ2) is 8.20. The van der Waals surface area contributed by atoms with E-state index < -0.39 is 10.0 Å². The third-order valence-electron chi connectivity index (χ3n) is 4.44. The van der Waals surface area contributed by atoms with E-state index in [0.717, 1.165) is 17.9 Å². The van der Waals surface area contributed by atoms with Gasteiger partial charge in [-0.05, 0) is 32.0 Å². The van der Waals surface area contributed by atoms with Gasteiger partial charge in [-0.15, -0.1) is 0 Å². The molecule has 140 valence electrons. The molecule has 0 amide bonds. The first-order valence-corrected chi connectivity index (χ1v) is 10.4. The van der Waals surface area contributed by atoms with Gasteiger partial charge in [0.25, 0.3) is 0 Å². The molecular weight excluding hydrogens is 348 g/mol. The van der Waals surface area contributed by atoms with Crippen LogP contribution in [0.25, 0.3) is 0 Å². The molecule has 3 rings (SSSR count). The normalized spacial score (nSPS) is 16.7. The number of piperazine rings is 1. The van der Waals surface area contributed by atoms with Crippen molar-refractivity contribution in [2.45, 2.75) is 31.4 Å². The zero-order valence-electron chi connectivity index (χ0n) is 15.3. The first-order chi connectivity index (χ1) is 12.5. The van der Waals surface area contributed by atoms with E-state index in [1.165, 1.54) is 0 Å². The van der Waals surface area contributed by atoms with Crippen molar-refractivity contribution in [2.24, 2.45) is 0 Å². The minimum absolute atomic E-state index is 0.129. The first kappa shape index (κ1) is 18.9. The summed E-state index contributed by atoms with van der Waals surface area (Å²) in [6.07, 6.45) is 0.129. The molecule has 0 atom stereocenters. The summed E-state index contributed by atoms with van der Waals surface area (Å²) in [5, 5.41) is 0. The average Bonchev–Trinajstić information content (AvgIpc) is 2.64. The van der Waals surface area contributed by atoms with Gasteiger partial charge in [-0.2, -0.15) is 4.31 Å². The molecule has 1 fully saturated rings. The lowest BCUT2D eigenvalue weighted by Crippen LogP contribution is -2.48. The van der Waals surface area contributed by atoms with E-state index in [1.54, 1.807) is 28.6 Å². The average molecular weight is 375 g/mol. The molecule has 1 aliphatic heterocycles. The van der Waals surface area contributed by atoms with E-state index >= 15 is 0 Å². The number of para-hydroxylation sites is 1. The minimum Gasteiger partial charge on any atom is -0.491 e. The second-order valence-electron chi connectivity index (χ2n) is 6.77. The summed E-state index contributed by atoms with van der Waals surface area (Å²) in [7, 11) is -3.40. The van der Waals surface area contributed by atoms with Crippen LogP contribution < -0.4 is 4.74 Å². The van der Waals surface area contributed by atoms with Gasteiger partial charge >= 0.3 is 0 Å². The van der Waals surface area contributed by atoms with Crippen LogP contribution in [0.4, 0.5) is 0 Å². The lowest BCUT2D eigenvalue weighted by Gasteiger charge is -2.34. The van der Waals surface area contributed by atoms with Crippen molar-refractivity contribution < 1.29 is 13.2 Å². The van der Waals surface area contributed by atoms with Crippen molar-refractivity contribution in [3.63, 3.8) is 0 Å². The molecule has 2 aromatic carbocycles. The highest BCUT2D eigenvalue weighted by molar-refractivity contribution is 7.89. The maximum Gasteiger partial charge on any atom is 0.243 e. The van der Waals surface area contributed by atoms with Gasteiger partial charge in [0, 0.05) is 38.3 Å². The Balaban J connectivity index is 1.63. The molecule has 5 nitrogen and oxygen atoms in total. The van der Waals surface area contributed by atoms with Crippen molar-refractivity contribution in [3.05, 3.63) is 60.2 Å². The molecule has 26 heavy (non-hydrogen) atoms. The lowest BCUT2D eigenvalue weighted by atomic mass is 10.1. The van der Waals surface area contributed by atoms with Gasteiger partial charge in [-0.1, -0.05) is 36.4 Å². The van der Waals surface area contributed by atoms with Crippen LogP contribution in [0.3, 0.4) is 0 Å². The summed E-state index contributed by atoms with van der Waals surface area (Å²) in [5.41, 5.74) is 1.14. The zero-order valence-corrected chi connectivity index (χ0v) is 16.2. The highest BCUT2D eigenvalue weighted by Gasteiger charge is 2.28. The van der Waals surface area contributed by atoms with E-state index in [-0.39, 0.29) is 6.10 Å². The van der Waals surface area contributed by atoms with E-state index in [4.69, 9.17) is 4.74 Å². The predicted molar refractivity (Wildman–Crippen MR) is 103 cm³/mol. The van der Waals surface area contributed by atoms with Crippen LogP contribution in [-0.4, -0.2) is 49.9 Å². The summed E-state index contributed by atoms with van der Waals surface area (Å²) < 4.78 is 32.9. The van der Waals surface area contributed by atoms with Gasteiger partial charge in [-0.25, -0.2) is 8.42 Å². The quantitative estimate of drug-likeness (QED) is 0.780. The third kappa shape index (κ3) is 4.44. The number of ether oxygens (including phenoxy) is 1. The molecule has 0 unspecified atom stereocenters. The molecule has 0 spiro atoms. The Hall–Kier alpha value is -1.89. The van der Waals surface area contributed by atoms with E-state index in [1.807, 2.05) is 38.1 Å². The number of nitrogens with zero attached hydrogens (tertiary/aromatic N) is 2. The maximum atomic E-state index is 12.7. The standard InChI is InChI=1S/C20H26N2O3S/c1-17(2)25-20-11-7-6-8-18(20)16-21-12-14-22(15-13-21)26(23,24)19-9-4-3-5-10-19/h3-11,17H,12-16H2,1-2H3. The summed E-state index contributed by atoms with van der Waals surface area (Å²) in [4.78, 5) is 2.64. The van der Waals surface area contributed by atoms with Crippen LogP contribution in [0.15, 0.2) is 59.5 Å². The highest BCUT2D eigenvalue weighted by atomic mass is 32.2. The Morgan fingerprint density at radius 3 is 2.19 bits per heavy atom. The van der Waals surface area contributed by atoms with Gasteiger partial charge in [-0.3, -0.25) is 4.90 Å². The third-order valence-corrected chi connectivity index (χ3v) is 6.35. The molecule has 0 N–H and O–H groups in total. The van der Waals surface area contributed by atoms with E-state index in [2.05, 4.69) is 11.0 Å². The number of sulfonamides is 1. The van der Waals surface area contributed by atoms with Gasteiger partial charge in [0.15, 0.2) is 0 Å². The van der Waals surface area contributed by atoms with Crippen molar-refractivity contribution in [3.8, 4) is 5.75 Å². The molecule has 6 heteroatoms. The summed E-state index contributed by atoms with van der Waals surface area (Å²) in [5.74, 6) is 0.904. The monoisotopic (exact) mass is 374 g/mol. The van der Waals surface area contributed by atoms with Crippen LogP contribution in [-0.2, 0) is 16.6 Å². The molecule has 0 bridgehead atoms. The Morgan fingerprint density at radius 2 is 1.54 bits per heavy atom. The van der Waals surface area contributed by atoms with Crippen molar-refractivity contribution in [2.75, 3.05) is 26.2 Å². The van der Waals surface area contributed by atoms with Crippen LogP contribution in [0.1, 0.15) is 19.4 Å². The van der Waals surface area contributed by atoms with Crippen LogP contribution in [0, 0.1) is 0 Å². The fourth-order valence-corrected chi connectivity index (χ4v) is 4.56. The molecular formula is C20H26N2O3S. The fraction of sp³-hybridized carbons (Fsp3) is 0.400. The van der Waals surface area contributed by atoms with E-state index in [9.17, 15) is 8.42 Å². The van der Waals surface area contributed by atoms with Gasteiger partial charge in [0.05, 0.1) is 11.0 Å². The second-order valence-corrected chi connectivity index (χ2v) is 8.71. The smallest absolute Gasteiger partial charge is 0.243 e. The SMILES string of the molecule is CC(C)Oc1ccccc1CN1CCN(S(=O)(=O)c2ccccc2)CC1. The van der Waals surface area contributed by atoms with Crippen molar-refractivity contribution in [1.82, 2.24) is 9.21 Å². The summed E-state index contributed by atoms with van der Waals surface area (Å²) in [6.45, 7) is 7.23. The minimum atomic E-state index is -3.40. The Bertz CT molecular complexity index is 814. The first-order valence-electron chi connectivity index (χ1n) is 8.99. The molecule has 1 saturated heterocycles. The van der Waals surface area contributed by atoms with Crippen molar-refractivity contribution >= 4 is 10.0 Å². The lowest BCUT2D eigenvalue weighted by molar-refractivity contribution is 0.176. The van der Waals surface area contributed by atoms with Crippen molar-refractivity contribution in [1.29, 1.82) is 0 Å². The predicted octanol–water partition coefficient (Wildman–Crippen LogP) is 2.98. The highest BCUT2D eigenvalue weighted by Crippen LogP contribution is 2.23. The Kier molecular flexibility index (Phi) is 5.96. The van der Waals surface area contributed by atoms with Gasteiger partial charge in [0.2, 0.25) is 10.0 Å². The Labute approximate surface area is 156 Å². The van der Waals surface area contributed by atoms with Crippen LogP contribution >= 0.6 is 0 Å². The number of rotatable bonds is 6. The molecule has 0 radical (unpaired) electrons. The Morgan fingerprint density at radius 1 is 0.923 bits per heavy atom. The molecule has 1 aliphatic rings. The fourth-order valence-electron chi connectivity index (χ4n) is 3.11.